The molecule has 1 fully saturated rings. The Morgan fingerprint density at radius 1 is 1.03 bits per heavy atom. The van der Waals surface area contributed by atoms with Crippen LogP contribution in [-0.4, -0.2) is 60.1 Å². The fourth-order valence-electron chi connectivity index (χ4n) is 4.79. The molecule has 1 aliphatic heterocycles. The Labute approximate surface area is 186 Å². The Kier molecular flexibility index (Phi) is 6.73. The SMILES string of the molecule is CC1(C)CCC(=O)c2ccc(-c3cccc(N4CCN(CCCCCO)CC4)n3)cc21. The summed E-state index contributed by atoms with van der Waals surface area (Å²) in [7, 11) is 0. The number of hydrogen-bond donors (Lipinski definition) is 1. The first-order valence-electron chi connectivity index (χ1n) is 11.7. The van der Waals surface area contributed by atoms with E-state index >= 15 is 0 Å². The molecule has 2 aliphatic rings. The zero-order valence-electron chi connectivity index (χ0n) is 18.9. The average molecular weight is 422 g/mol. The van der Waals surface area contributed by atoms with Crippen LogP contribution in [0, 0.1) is 0 Å². The van der Waals surface area contributed by atoms with Crippen LogP contribution in [0.1, 0.15) is 61.9 Å². The van der Waals surface area contributed by atoms with Gasteiger partial charge in [-0.15, -0.1) is 0 Å². The Bertz CT molecular complexity index is 917. The molecule has 0 unspecified atom stereocenters. The predicted molar refractivity (Wildman–Crippen MR) is 126 cm³/mol. The van der Waals surface area contributed by atoms with Crippen molar-refractivity contribution in [2.45, 2.75) is 51.4 Å². The molecule has 4 rings (SSSR count). The predicted octanol–water partition coefficient (Wildman–Crippen LogP) is 4.29. The maximum Gasteiger partial charge on any atom is 0.163 e. The monoisotopic (exact) mass is 421 g/mol. The van der Waals surface area contributed by atoms with Crippen LogP contribution in [0.3, 0.4) is 0 Å². The molecule has 1 aliphatic carbocycles. The minimum Gasteiger partial charge on any atom is -0.396 e. The quantitative estimate of drug-likeness (QED) is 0.676. The second-order valence-electron chi connectivity index (χ2n) is 9.56. The lowest BCUT2D eigenvalue weighted by Crippen LogP contribution is -2.46. The summed E-state index contributed by atoms with van der Waals surface area (Å²) < 4.78 is 0. The summed E-state index contributed by atoms with van der Waals surface area (Å²) in [6, 6.07) is 12.5. The van der Waals surface area contributed by atoms with Crippen molar-refractivity contribution in [3.05, 3.63) is 47.5 Å². The third-order valence-corrected chi connectivity index (χ3v) is 6.89. The van der Waals surface area contributed by atoms with Gasteiger partial charge < -0.3 is 10.0 Å². The minimum absolute atomic E-state index is 0.0182. The number of rotatable bonds is 7. The number of piperazine rings is 1. The molecule has 0 atom stereocenters. The van der Waals surface area contributed by atoms with Crippen LogP contribution in [0.25, 0.3) is 11.3 Å². The molecular weight excluding hydrogens is 386 g/mol. The molecule has 166 valence electrons. The Hall–Kier alpha value is -2.24. The van der Waals surface area contributed by atoms with E-state index in [2.05, 4.69) is 54.0 Å². The number of carbonyl (C=O) groups is 1. The van der Waals surface area contributed by atoms with E-state index in [1.165, 1.54) is 0 Å². The molecule has 5 heteroatoms. The summed E-state index contributed by atoms with van der Waals surface area (Å²) in [6.45, 7) is 9.97. The van der Waals surface area contributed by atoms with E-state index < -0.39 is 0 Å². The van der Waals surface area contributed by atoms with E-state index in [4.69, 9.17) is 10.1 Å². The van der Waals surface area contributed by atoms with Crippen molar-refractivity contribution in [1.29, 1.82) is 0 Å². The fraction of sp³-hybridized carbons (Fsp3) is 0.538. The van der Waals surface area contributed by atoms with Gasteiger partial charge in [0.15, 0.2) is 5.78 Å². The molecule has 0 saturated carbocycles. The van der Waals surface area contributed by atoms with Gasteiger partial charge in [-0.3, -0.25) is 9.69 Å². The molecule has 2 aromatic rings. The molecule has 5 nitrogen and oxygen atoms in total. The second-order valence-corrected chi connectivity index (χ2v) is 9.56. The van der Waals surface area contributed by atoms with Crippen LogP contribution >= 0.6 is 0 Å². The van der Waals surface area contributed by atoms with Gasteiger partial charge in [0.1, 0.15) is 5.82 Å². The molecule has 0 bridgehead atoms. The average Bonchev–Trinajstić information content (AvgIpc) is 2.80. The van der Waals surface area contributed by atoms with Gasteiger partial charge in [-0.1, -0.05) is 32.0 Å². The van der Waals surface area contributed by atoms with Crippen LogP contribution in [0.5, 0.6) is 0 Å². The number of nitrogens with zero attached hydrogens (tertiary/aromatic N) is 3. The van der Waals surface area contributed by atoms with Crippen LogP contribution in [0.4, 0.5) is 5.82 Å². The van der Waals surface area contributed by atoms with E-state index in [1.807, 2.05) is 6.07 Å². The van der Waals surface area contributed by atoms with Crippen molar-refractivity contribution >= 4 is 11.6 Å². The van der Waals surface area contributed by atoms with Gasteiger partial charge in [0, 0.05) is 50.3 Å². The fourth-order valence-corrected chi connectivity index (χ4v) is 4.79. The van der Waals surface area contributed by atoms with Crippen LogP contribution in [0.2, 0.25) is 0 Å². The lowest BCUT2D eigenvalue weighted by atomic mass is 9.72. The minimum atomic E-state index is 0.0182. The third kappa shape index (κ3) is 4.99. The summed E-state index contributed by atoms with van der Waals surface area (Å²) in [5.74, 6) is 1.29. The Morgan fingerprint density at radius 3 is 2.61 bits per heavy atom. The first kappa shape index (κ1) is 22.0. The van der Waals surface area contributed by atoms with Gasteiger partial charge in [0.25, 0.3) is 0 Å². The molecule has 31 heavy (non-hydrogen) atoms. The topological polar surface area (TPSA) is 56.7 Å². The van der Waals surface area contributed by atoms with Crippen molar-refractivity contribution in [2.75, 3.05) is 44.2 Å². The lowest BCUT2D eigenvalue weighted by molar-refractivity contribution is 0.0957. The number of hydrogen-bond acceptors (Lipinski definition) is 5. The number of aromatic nitrogens is 1. The van der Waals surface area contributed by atoms with Crippen LogP contribution in [-0.2, 0) is 5.41 Å². The van der Waals surface area contributed by atoms with E-state index in [0.29, 0.717) is 13.0 Å². The molecule has 0 spiro atoms. The van der Waals surface area contributed by atoms with Crippen LogP contribution < -0.4 is 4.90 Å². The number of anilines is 1. The normalized spacial score (nSPS) is 18.8. The number of aliphatic hydroxyl groups is 1. The van der Waals surface area contributed by atoms with Crippen molar-refractivity contribution in [1.82, 2.24) is 9.88 Å². The maximum atomic E-state index is 12.4. The third-order valence-electron chi connectivity index (χ3n) is 6.89. The van der Waals surface area contributed by atoms with Gasteiger partial charge in [0.2, 0.25) is 0 Å². The summed E-state index contributed by atoms with van der Waals surface area (Å²) >= 11 is 0. The van der Waals surface area contributed by atoms with Crippen molar-refractivity contribution in [3.8, 4) is 11.3 Å². The number of ketones is 1. The molecule has 0 radical (unpaired) electrons. The number of carbonyl (C=O) groups excluding carboxylic acids is 1. The first-order chi connectivity index (χ1) is 15.0. The summed E-state index contributed by atoms with van der Waals surface area (Å²) in [4.78, 5) is 22.2. The lowest BCUT2D eigenvalue weighted by Gasteiger charge is -2.35. The van der Waals surface area contributed by atoms with E-state index in [-0.39, 0.29) is 11.2 Å². The standard InChI is InChI=1S/C26H35N3O2/c1-26(2)12-11-24(31)21-10-9-20(19-22(21)26)23-7-6-8-25(27-23)29-16-14-28(15-17-29)13-4-3-5-18-30/h6-10,19,30H,3-5,11-18H2,1-2H3. The van der Waals surface area contributed by atoms with Crippen molar-refractivity contribution in [3.63, 3.8) is 0 Å². The van der Waals surface area contributed by atoms with Crippen LogP contribution in [0.15, 0.2) is 36.4 Å². The highest BCUT2D eigenvalue weighted by molar-refractivity contribution is 5.99. The molecule has 1 aromatic heterocycles. The van der Waals surface area contributed by atoms with Crippen molar-refractivity contribution < 1.29 is 9.90 Å². The summed E-state index contributed by atoms with van der Waals surface area (Å²) in [5, 5.41) is 8.92. The number of fused-ring (bicyclic) bond motifs is 1. The highest BCUT2D eigenvalue weighted by Crippen LogP contribution is 2.38. The zero-order valence-corrected chi connectivity index (χ0v) is 18.9. The zero-order chi connectivity index (χ0) is 21.8. The van der Waals surface area contributed by atoms with E-state index in [1.54, 1.807) is 0 Å². The molecule has 0 amide bonds. The first-order valence-corrected chi connectivity index (χ1v) is 11.7. The maximum absolute atomic E-state index is 12.4. The van der Waals surface area contributed by atoms with E-state index in [0.717, 1.165) is 86.6 Å². The van der Waals surface area contributed by atoms with Gasteiger partial charge in [-0.05, 0) is 61.4 Å². The number of aliphatic hydroxyl groups excluding tert-OH is 1. The largest absolute Gasteiger partial charge is 0.396 e. The Morgan fingerprint density at radius 2 is 1.84 bits per heavy atom. The number of pyridine rings is 1. The number of benzene rings is 1. The summed E-state index contributed by atoms with van der Waals surface area (Å²) in [5.41, 5.74) is 4.12. The molecule has 1 aromatic carbocycles. The second kappa shape index (κ2) is 9.49. The Balaban J connectivity index is 1.46. The van der Waals surface area contributed by atoms with Gasteiger partial charge in [0.05, 0.1) is 5.69 Å². The van der Waals surface area contributed by atoms with Gasteiger partial charge in [-0.25, -0.2) is 4.98 Å². The molecule has 1 N–H and O–H groups in total. The van der Waals surface area contributed by atoms with Crippen molar-refractivity contribution in [2.24, 2.45) is 0 Å². The van der Waals surface area contributed by atoms with E-state index in [9.17, 15) is 4.79 Å². The number of Topliss-reactive ketones (excluding diaryl/α,β-unsaturated/α-hetero) is 1. The number of unbranched alkanes of at least 4 members (excludes halogenated alkanes) is 2. The molecule has 2 heterocycles. The highest BCUT2D eigenvalue weighted by atomic mass is 16.2. The van der Waals surface area contributed by atoms with Gasteiger partial charge >= 0.3 is 0 Å². The molecular formula is C26H35N3O2. The van der Waals surface area contributed by atoms with Gasteiger partial charge in [-0.2, -0.15) is 0 Å². The smallest absolute Gasteiger partial charge is 0.163 e. The molecule has 1 saturated heterocycles. The summed E-state index contributed by atoms with van der Waals surface area (Å²) in [6.07, 6.45) is 4.71. The highest BCUT2D eigenvalue weighted by Gasteiger charge is 2.31.